The van der Waals surface area contributed by atoms with Crippen LogP contribution in [-0.2, 0) is 21.8 Å². The van der Waals surface area contributed by atoms with Gasteiger partial charge in [0.1, 0.15) is 22.9 Å². The van der Waals surface area contributed by atoms with E-state index < -0.39 is 16.4 Å². The second-order valence-electron chi connectivity index (χ2n) is 22.7. The Balaban J connectivity index is 0.907. The molecule has 6 aliphatic carbocycles. The van der Waals surface area contributed by atoms with Crippen molar-refractivity contribution in [2.45, 2.75) is 48.5 Å². The lowest BCUT2D eigenvalue weighted by Gasteiger charge is -2.68. The van der Waals surface area contributed by atoms with Gasteiger partial charge in [0.25, 0.3) is 0 Å². The van der Waals surface area contributed by atoms with Crippen LogP contribution in [0.5, 0.6) is 11.5 Å². The minimum absolute atomic E-state index is 0.0936. The van der Waals surface area contributed by atoms with Crippen LogP contribution in [0.25, 0.3) is 27.6 Å². The van der Waals surface area contributed by atoms with E-state index in [0.717, 1.165) is 22.6 Å². The normalized spacial score (nSPS) is 21.0. The topological polar surface area (TPSA) is 33.5 Å². The van der Waals surface area contributed by atoms with Crippen LogP contribution < -0.4 is 14.5 Å². The Morgan fingerprint density at radius 1 is 0.506 bits per heavy atom. The summed E-state index contributed by atoms with van der Waals surface area (Å²) < 4.78 is 44.6. The number of hydrogen-bond acceptors (Lipinski definition) is 4. The fourth-order valence-electron chi connectivity index (χ4n) is 15.1. The molecule has 10 aromatic carbocycles. The Hall–Kier alpha value is -9.45. The molecule has 0 amide bonds. The quantitative estimate of drug-likeness (QED) is 0.159. The van der Waals surface area contributed by atoms with Crippen molar-refractivity contribution in [1.82, 2.24) is 9.55 Å². The van der Waals surface area contributed by atoms with E-state index in [4.69, 9.17) is 13.8 Å². The molecule has 12 aromatic rings. The largest absolute Gasteiger partial charge is 0.457 e. The van der Waals surface area contributed by atoms with Gasteiger partial charge in [-0.25, -0.2) is 4.98 Å². The molecule has 1 aliphatic heterocycles. The summed E-state index contributed by atoms with van der Waals surface area (Å²) in [7, 11) is 0. The predicted molar refractivity (Wildman–Crippen MR) is 321 cm³/mol. The third kappa shape index (κ3) is 6.02. The predicted octanol–water partition coefficient (Wildman–Crippen LogP) is 17.3. The van der Waals surface area contributed by atoms with Crippen molar-refractivity contribution >= 4 is 38.9 Å². The van der Waals surface area contributed by atoms with E-state index in [0.29, 0.717) is 45.8 Å². The summed E-state index contributed by atoms with van der Waals surface area (Å²) in [5.74, 6) is 1.65. The van der Waals surface area contributed by atoms with Crippen molar-refractivity contribution in [1.29, 1.82) is 0 Å². The number of anilines is 3. The highest BCUT2D eigenvalue weighted by atomic mass is 16.5. The molecule has 0 radical (unpaired) electrons. The number of fused-ring (bicyclic) bond motifs is 4. The molecule has 7 aliphatic rings. The van der Waals surface area contributed by atoms with Gasteiger partial charge in [-0.2, -0.15) is 0 Å². The summed E-state index contributed by atoms with van der Waals surface area (Å²) in [4.78, 5) is 10.0. The van der Waals surface area contributed by atoms with Crippen molar-refractivity contribution in [2.24, 2.45) is 0 Å². The lowest BCUT2D eigenvalue weighted by atomic mass is 9.37. The molecule has 5 heteroatoms. The van der Waals surface area contributed by atoms with E-state index in [2.05, 4.69) is 231 Å². The fraction of sp³-hybridized carbons (Fsp3) is 0.122. The van der Waals surface area contributed by atoms with Gasteiger partial charge in [0.05, 0.1) is 45.4 Å². The van der Waals surface area contributed by atoms with Crippen LogP contribution in [0.3, 0.4) is 0 Å². The molecule has 0 saturated carbocycles. The van der Waals surface area contributed by atoms with Gasteiger partial charge in [0.2, 0.25) is 0 Å². The Labute approximate surface area is 466 Å². The maximum Gasteiger partial charge on any atom is 0.137 e. The minimum Gasteiger partial charge on any atom is -0.457 e. The zero-order valence-corrected chi connectivity index (χ0v) is 44.1. The van der Waals surface area contributed by atoms with Gasteiger partial charge in [-0.15, -0.1) is 0 Å². The van der Waals surface area contributed by atoms with Gasteiger partial charge in [-0.3, -0.25) is 4.57 Å². The number of pyridine rings is 1. The Morgan fingerprint density at radius 3 is 1.77 bits per heavy atom. The van der Waals surface area contributed by atoms with Crippen LogP contribution >= 0.6 is 0 Å². The number of nitrogens with zero attached hydrogens (tertiary/aromatic N) is 4. The minimum atomic E-state index is -0.902. The number of benzene rings is 10. The van der Waals surface area contributed by atoms with E-state index in [1.807, 2.05) is 41.0 Å². The highest BCUT2D eigenvalue weighted by Gasteiger charge is 2.72. The van der Waals surface area contributed by atoms with Gasteiger partial charge in [-0.05, 0) is 121 Å². The highest BCUT2D eigenvalue weighted by Crippen LogP contribution is 2.75. The van der Waals surface area contributed by atoms with Gasteiger partial charge in [0.15, 0.2) is 0 Å². The monoisotopic (exact) mass is 1020 g/mol. The SMILES string of the molecule is [2H]c1c([2H])c([2H])c2c(c1[2H])c1ccc(Oc3cccc(N4CN(C56c7ccccc7C(c7ccccc75)C5(c7ccccc7)c7ccccc7C6(c6ccccc6)c6ccccc65)c5ccccc54)c3)cc1n2-c1cc(C(C)(C)C)ccn1. The summed E-state index contributed by atoms with van der Waals surface area (Å²) in [6.07, 6.45) is 1.77. The molecule has 0 fully saturated rings. The van der Waals surface area contributed by atoms with E-state index >= 15 is 0 Å². The number of rotatable bonds is 7. The second-order valence-corrected chi connectivity index (χ2v) is 22.7. The average molecular weight is 1020 g/mol. The van der Waals surface area contributed by atoms with Crippen molar-refractivity contribution in [3.05, 3.63) is 328 Å². The van der Waals surface area contributed by atoms with Gasteiger partial charge in [0, 0.05) is 40.7 Å². The number of para-hydroxylation sites is 3. The molecule has 19 rings (SSSR count). The summed E-state index contributed by atoms with van der Waals surface area (Å²) in [5, 5.41) is 1.12. The molecule has 3 heterocycles. The van der Waals surface area contributed by atoms with Crippen LogP contribution in [0.1, 0.15) is 93.4 Å². The molecule has 4 bridgehead atoms. The second kappa shape index (κ2) is 16.8. The third-order valence-electron chi connectivity index (χ3n) is 18.0. The molecule has 0 spiro atoms. The number of aromatic nitrogens is 2. The molecule has 378 valence electrons. The molecular formula is C74H56N4O. The molecule has 0 N–H and O–H groups in total. The summed E-state index contributed by atoms with van der Waals surface area (Å²) in [5.41, 5.74) is 15.6. The lowest BCUT2D eigenvalue weighted by Crippen LogP contribution is -2.69. The zero-order valence-electron chi connectivity index (χ0n) is 48.1. The fourth-order valence-corrected chi connectivity index (χ4v) is 15.1. The molecule has 0 saturated heterocycles. The maximum absolute atomic E-state index is 9.22. The first-order valence-electron chi connectivity index (χ1n) is 29.4. The third-order valence-corrected chi connectivity index (χ3v) is 18.0. The lowest BCUT2D eigenvalue weighted by molar-refractivity contribution is 0.282. The first-order chi connectivity index (χ1) is 40.5. The molecule has 79 heavy (non-hydrogen) atoms. The van der Waals surface area contributed by atoms with Crippen molar-refractivity contribution in [2.75, 3.05) is 16.5 Å². The van der Waals surface area contributed by atoms with Gasteiger partial charge < -0.3 is 14.5 Å². The molecule has 5 nitrogen and oxygen atoms in total. The summed E-state index contributed by atoms with van der Waals surface area (Å²) in [6.45, 7) is 6.93. The molecule has 0 atom stereocenters. The van der Waals surface area contributed by atoms with Crippen LogP contribution in [0.15, 0.2) is 267 Å². The molecular weight excluding hydrogens is 961 g/mol. The number of ether oxygens (including phenoxy) is 1. The van der Waals surface area contributed by atoms with E-state index in [1.165, 1.54) is 55.6 Å². The van der Waals surface area contributed by atoms with Gasteiger partial charge >= 0.3 is 0 Å². The van der Waals surface area contributed by atoms with Crippen molar-refractivity contribution in [3.63, 3.8) is 0 Å². The van der Waals surface area contributed by atoms with Crippen molar-refractivity contribution < 1.29 is 10.2 Å². The Morgan fingerprint density at radius 2 is 1.09 bits per heavy atom. The van der Waals surface area contributed by atoms with E-state index in [9.17, 15) is 1.37 Å². The van der Waals surface area contributed by atoms with Crippen LogP contribution in [0.2, 0.25) is 0 Å². The molecule has 0 unspecified atom stereocenters. The number of hydrogen-bond donors (Lipinski definition) is 0. The maximum atomic E-state index is 9.22. The average Bonchev–Trinajstić information content (AvgIpc) is 1.07. The Bertz CT molecular complexity index is 4570. The van der Waals surface area contributed by atoms with Gasteiger partial charge in [-0.1, -0.05) is 215 Å². The standard InChI is InChI=1S/C74H56N4O/c1-71(2,3)51-43-44-75-69(45-51)78-65-38-19-12-29-55(65)56-42-41-54(47-68(56)78)79-53-28-22-27-52(46-53)76-48-77(67-40-21-20-39-66(67)76)74-59-32-13-10-30-57(59)70(58-31-11-14-33-60(58)74)72(49-23-6-4-7-24-49)61-34-15-17-36-63(61)73(74,50-25-8-5-9-26-50)64-37-18-16-35-62(64)72/h4-47,70H,48H2,1-3H3/i12D,19D,29D,38D. The van der Waals surface area contributed by atoms with Crippen LogP contribution in [-0.4, -0.2) is 16.2 Å². The zero-order chi connectivity index (χ0) is 56.1. The highest BCUT2D eigenvalue weighted by molar-refractivity contribution is 6.09. The Kier molecular flexibility index (Phi) is 8.85. The first kappa shape index (κ1) is 41.7. The summed E-state index contributed by atoms with van der Waals surface area (Å²) in [6, 6.07) is 86.3. The smallest absolute Gasteiger partial charge is 0.137 e. The van der Waals surface area contributed by atoms with Crippen LogP contribution in [0, 0.1) is 0 Å². The van der Waals surface area contributed by atoms with E-state index in [1.54, 1.807) is 6.20 Å². The molecule has 2 aromatic heterocycles. The van der Waals surface area contributed by atoms with Crippen molar-refractivity contribution in [3.8, 4) is 17.3 Å². The first-order valence-corrected chi connectivity index (χ1v) is 27.4. The summed E-state index contributed by atoms with van der Waals surface area (Å²) >= 11 is 0. The van der Waals surface area contributed by atoms with E-state index in [-0.39, 0.29) is 35.5 Å². The van der Waals surface area contributed by atoms with Crippen LogP contribution in [0.4, 0.5) is 17.1 Å².